The highest BCUT2D eigenvalue weighted by Crippen LogP contribution is 2.18. The van der Waals surface area contributed by atoms with Crippen molar-refractivity contribution in [1.29, 1.82) is 0 Å². The molecule has 6 nitrogen and oxygen atoms in total. The number of aromatic nitrogens is 1. The van der Waals surface area contributed by atoms with Crippen LogP contribution in [0.3, 0.4) is 0 Å². The number of aliphatic hydroxyl groups excluding tert-OH is 1. The Balaban J connectivity index is 2.01. The summed E-state index contributed by atoms with van der Waals surface area (Å²) in [6, 6.07) is 1.65. The molecule has 0 saturated carbocycles. The molecule has 2 N–H and O–H groups in total. The second-order valence-corrected chi connectivity index (χ2v) is 7.54. The van der Waals surface area contributed by atoms with Gasteiger partial charge in [0.1, 0.15) is 0 Å². The standard InChI is InChI=1S/C14H25N3O3S/c1-12(2)17-10-14(9-13(17)11-18)21(19,20)15-5-8-16-6-3-4-7-16/h9-10,12,15,18H,3-8,11H2,1-2H3. The zero-order valence-corrected chi connectivity index (χ0v) is 13.6. The van der Waals surface area contributed by atoms with E-state index in [2.05, 4.69) is 9.62 Å². The van der Waals surface area contributed by atoms with Crippen LogP contribution < -0.4 is 4.72 Å². The summed E-state index contributed by atoms with van der Waals surface area (Å²) >= 11 is 0. The Morgan fingerprint density at radius 1 is 1.33 bits per heavy atom. The molecule has 0 unspecified atom stereocenters. The first-order valence-corrected chi connectivity index (χ1v) is 8.96. The maximum absolute atomic E-state index is 12.3. The molecule has 1 fully saturated rings. The van der Waals surface area contributed by atoms with Gasteiger partial charge in [-0.25, -0.2) is 13.1 Å². The van der Waals surface area contributed by atoms with Gasteiger partial charge in [0.2, 0.25) is 10.0 Å². The van der Waals surface area contributed by atoms with Crippen LogP contribution in [0.5, 0.6) is 0 Å². The molecule has 1 aliphatic heterocycles. The van der Waals surface area contributed by atoms with E-state index < -0.39 is 10.0 Å². The maximum atomic E-state index is 12.3. The Hall–Kier alpha value is -0.890. The van der Waals surface area contributed by atoms with Crippen molar-refractivity contribution < 1.29 is 13.5 Å². The number of rotatable bonds is 7. The van der Waals surface area contributed by atoms with Crippen LogP contribution in [-0.4, -0.2) is 49.2 Å². The van der Waals surface area contributed by atoms with Crippen molar-refractivity contribution in [1.82, 2.24) is 14.2 Å². The van der Waals surface area contributed by atoms with E-state index in [9.17, 15) is 13.5 Å². The third kappa shape index (κ3) is 4.06. The summed E-state index contributed by atoms with van der Waals surface area (Å²) in [7, 11) is -3.51. The molecule has 0 aromatic carbocycles. The minimum absolute atomic E-state index is 0.112. The van der Waals surface area contributed by atoms with E-state index >= 15 is 0 Å². The van der Waals surface area contributed by atoms with Gasteiger partial charge in [0.05, 0.1) is 11.5 Å². The van der Waals surface area contributed by atoms with E-state index in [0.717, 1.165) is 19.6 Å². The van der Waals surface area contributed by atoms with Crippen LogP contribution in [0, 0.1) is 0 Å². The molecule has 2 heterocycles. The lowest BCUT2D eigenvalue weighted by Crippen LogP contribution is -2.33. The Kier molecular flexibility index (Phi) is 5.43. The molecule has 0 radical (unpaired) electrons. The van der Waals surface area contributed by atoms with Gasteiger partial charge in [-0.2, -0.15) is 0 Å². The minimum Gasteiger partial charge on any atom is -0.390 e. The lowest BCUT2D eigenvalue weighted by atomic mass is 10.3. The predicted octanol–water partition coefficient (Wildman–Crippen LogP) is 0.935. The Labute approximate surface area is 126 Å². The molecule has 0 spiro atoms. The highest BCUT2D eigenvalue weighted by atomic mass is 32.2. The van der Waals surface area contributed by atoms with E-state index in [1.807, 2.05) is 13.8 Å². The van der Waals surface area contributed by atoms with Crippen molar-refractivity contribution in [2.75, 3.05) is 26.2 Å². The monoisotopic (exact) mass is 315 g/mol. The third-order valence-electron chi connectivity index (χ3n) is 3.85. The van der Waals surface area contributed by atoms with E-state index in [1.165, 1.54) is 18.9 Å². The number of hydrogen-bond donors (Lipinski definition) is 2. The van der Waals surface area contributed by atoms with Crippen LogP contribution in [0.4, 0.5) is 0 Å². The van der Waals surface area contributed by atoms with Crippen LogP contribution in [0.25, 0.3) is 0 Å². The summed E-state index contributed by atoms with van der Waals surface area (Å²) in [6.07, 6.45) is 3.99. The Morgan fingerprint density at radius 3 is 2.52 bits per heavy atom. The van der Waals surface area contributed by atoms with Gasteiger partial charge in [0.15, 0.2) is 0 Å². The lowest BCUT2D eigenvalue weighted by Gasteiger charge is -2.14. The number of hydrogen-bond acceptors (Lipinski definition) is 4. The molecule has 2 rings (SSSR count). The van der Waals surface area contributed by atoms with Crippen molar-refractivity contribution in [3.05, 3.63) is 18.0 Å². The van der Waals surface area contributed by atoms with Gasteiger partial charge >= 0.3 is 0 Å². The largest absolute Gasteiger partial charge is 0.390 e. The summed E-state index contributed by atoms with van der Waals surface area (Å²) < 4.78 is 29.0. The summed E-state index contributed by atoms with van der Waals surface area (Å²) in [5, 5.41) is 9.32. The smallest absolute Gasteiger partial charge is 0.242 e. The summed E-state index contributed by atoms with van der Waals surface area (Å²) in [4.78, 5) is 2.49. The lowest BCUT2D eigenvalue weighted by molar-refractivity contribution is 0.268. The average molecular weight is 315 g/mol. The second-order valence-electron chi connectivity index (χ2n) is 5.77. The zero-order chi connectivity index (χ0) is 15.5. The summed E-state index contributed by atoms with van der Waals surface area (Å²) in [5.41, 5.74) is 0.616. The fourth-order valence-corrected chi connectivity index (χ4v) is 3.75. The first-order chi connectivity index (χ1) is 9.94. The van der Waals surface area contributed by atoms with Crippen LogP contribution >= 0.6 is 0 Å². The van der Waals surface area contributed by atoms with E-state index in [1.54, 1.807) is 10.8 Å². The molecule has 0 atom stereocenters. The van der Waals surface area contributed by atoms with E-state index in [-0.39, 0.29) is 17.5 Å². The Bertz CT molecular complexity index is 560. The molecule has 0 aliphatic carbocycles. The molecule has 1 saturated heterocycles. The topological polar surface area (TPSA) is 74.6 Å². The SMILES string of the molecule is CC(C)n1cc(S(=O)(=O)NCCN2CCCC2)cc1CO. The van der Waals surface area contributed by atoms with Crippen molar-refractivity contribution in [3.63, 3.8) is 0 Å². The quantitative estimate of drug-likeness (QED) is 0.785. The average Bonchev–Trinajstić information content (AvgIpc) is 3.07. The minimum atomic E-state index is -3.51. The number of nitrogens with zero attached hydrogens (tertiary/aromatic N) is 2. The molecule has 1 aromatic rings. The van der Waals surface area contributed by atoms with Crippen LogP contribution in [0.15, 0.2) is 17.2 Å². The van der Waals surface area contributed by atoms with Crippen molar-refractivity contribution in [3.8, 4) is 0 Å². The van der Waals surface area contributed by atoms with Crippen LogP contribution in [-0.2, 0) is 16.6 Å². The van der Waals surface area contributed by atoms with Crippen molar-refractivity contribution in [2.45, 2.75) is 44.2 Å². The molecule has 0 bridgehead atoms. The molecule has 120 valence electrons. The highest BCUT2D eigenvalue weighted by Gasteiger charge is 2.19. The molecule has 1 aliphatic rings. The Morgan fingerprint density at radius 2 is 2.00 bits per heavy atom. The molecule has 1 aromatic heterocycles. The van der Waals surface area contributed by atoms with Gasteiger partial charge in [-0.3, -0.25) is 0 Å². The van der Waals surface area contributed by atoms with Gasteiger partial charge in [0, 0.05) is 31.0 Å². The number of likely N-dealkylation sites (tertiary alicyclic amines) is 1. The van der Waals surface area contributed by atoms with Gasteiger partial charge in [-0.1, -0.05) is 0 Å². The van der Waals surface area contributed by atoms with Gasteiger partial charge in [-0.05, 0) is 45.8 Å². The van der Waals surface area contributed by atoms with Crippen molar-refractivity contribution in [2.24, 2.45) is 0 Å². The first kappa shape index (κ1) is 16.5. The van der Waals surface area contributed by atoms with Gasteiger partial charge < -0.3 is 14.6 Å². The molecule has 21 heavy (non-hydrogen) atoms. The molecular formula is C14H25N3O3S. The van der Waals surface area contributed by atoms with E-state index in [4.69, 9.17) is 0 Å². The normalized spacial score (nSPS) is 17.0. The highest BCUT2D eigenvalue weighted by molar-refractivity contribution is 7.89. The van der Waals surface area contributed by atoms with Crippen LogP contribution in [0.2, 0.25) is 0 Å². The molecule has 7 heteroatoms. The summed E-state index contributed by atoms with van der Waals surface area (Å²) in [5.74, 6) is 0. The fourth-order valence-electron chi connectivity index (χ4n) is 2.68. The molecule has 0 amide bonds. The van der Waals surface area contributed by atoms with Gasteiger partial charge in [0.25, 0.3) is 0 Å². The van der Waals surface area contributed by atoms with E-state index in [0.29, 0.717) is 12.2 Å². The number of nitrogens with one attached hydrogen (secondary N) is 1. The number of sulfonamides is 1. The predicted molar refractivity (Wildman–Crippen MR) is 81.6 cm³/mol. The third-order valence-corrected chi connectivity index (χ3v) is 5.28. The maximum Gasteiger partial charge on any atom is 0.242 e. The molecular weight excluding hydrogens is 290 g/mol. The van der Waals surface area contributed by atoms with Crippen molar-refractivity contribution >= 4 is 10.0 Å². The summed E-state index contributed by atoms with van der Waals surface area (Å²) in [6.45, 7) is 7.02. The zero-order valence-electron chi connectivity index (χ0n) is 12.7. The fraction of sp³-hybridized carbons (Fsp3) is 0.714. The van der Waals surface area contributed by atoms with Crippen LogP contribution in [0.1, 0.15) is 38.4 Å². The number of aliphatic hydroxyl groups is 1. The first-order valence-electron chi connectivity index (χ1n) is 7.47. The van der Waals surface area contributed by atoms with Gasteiger partial charge in [-0.15, -0.1) is 0 Å². The second kappa shape index (κ2) is 6.91.